The van der Waals surface area contributed by atoms with Crippen molar-refractivity contribution in [2.45, 2.75) is 6.92 Å². The SMILES string of the molecule is CC(=S)c1cccc(F)c1. The Balaban J connectivity index is 3.07. The van der Waals surface area contributed by atoms with Crippen LogP contribution in [0.1, 0.15) is 12.5 Å². The average molecular weight is 154 g/mol. The van der Waals surface area contributed by atoms with E-state index >= 15 is 0 Å². The van der Waals surface area contributed by atoms with E-state index in [2.05, 4.69) is 0 Å². The Labute approximate surface area is 64.7 Å². The van der Waals surface area contributed by atoms with Crippen molar-refractivity contribution in [3.8, 4) is 0 Å². The van der Waals surface area contributed by atoms with Gasteiger partial charge in [0, 0.05) is 4.86 Å². The molecule has 0 radical (unpaired) electrons. The normalized spacial score (nSPS) is 9.40. The third-order valence-electron chi connectivity index (χ3n) is 1.23. The standard InChI is InChI=1S/C8H7FS/c1-6(10)7-3-2-4-8(9)5-7/h2-5H,1H3. The second-order valence-electron chi connectivity index (χ2n) is 2.07. The summed E-state index contributed by atoms with van der Waals surface area (Å²) < 4.78 is 12.5. The fourth-order valence-electron chi connectivity index (χ4n) is 0.707. The molecule has 1 aromatic rings. The van der Waals surface area contributed by atoms with Crippen LogP contribution in [0.25, 0.3) is 0 Å². The average Bonchev–Trinajstić information content (AvgIpc) is 1.88. The first-order valence-electron chi connectivity index (χ1n) is 2.96. The zero-order chi connectivity index (χ0) is 7.56. The molecule has 0 spiro atoms. The lowest BCUT2D eigenvalue weighted by atomic mass is 10.2. The Kier molecular flexibility index (Phi) is 2.12. The summed E-state index contributed by atoms with van der Waals surface area (Å²) in [6, 6.07) is 6.29. The number of rotatable bonds is 1. The summed E-state index contributed by atoms with van der Waals surface area (Å²) in [5.74, 6) is -0.235. The molecule has 0 saturated carbocycles. The van der Waals surface area contributed by atoms with E-state index in [-0.39, 0.29) is 5.82 Å². The Hall–Kier alpha value is -0.760. The molecule has 2 heteroatoms. The highest BCUT2D eigenvalue weighted by Gasteiger charge is 1.94. The monoisotopic (exact) mass is 154 g/mol. The summed E-state index contributed by atoms with van der Waals surface area (Å²) in [7, 11) is 0. The smallest absolute Gasteiger partial charge is 0.123 e. The molecular weight excluding hydrogens is 147 g/mol. The molecule has 0 heterocycles. The maximum Gasteiger partial charge on any atom is 0.123 e. The van der Waals surface area contributed by atoms with E-state index in [4.69, 9.17) is 12.2 Å². The molecule has 1 aromatic carbocycles. The zero-order valence-electron chi connectivity index (χ0n) is 5.60. The first-order chi connectivity index (χ1) is 4.70. The minimum absolute atomic E-state index is 0.235. The third-order valence-corrected chi connectivity index (χ3v) is 1.47. The molecule has 0 unspecified atom stereocenters. The Morgan fingerprint density at radius 1 is 1.50 bits per heavy atom. The van der Waals surface area contributed by atoms with Gasteiger partial charge < -0.3 is 0 Å². The molecule has 0 N–H and O–H groups in total. The van der Waals surface area contributed by atoms with E-state index in [1.807, 2.05) is 0 Å². The van der Waals surface area contributed by atoms with Crippen molar-refractivity contribution in [1.29, 1.82) is 0 Å². The molecule has 0 fully saturated rings. The van der Waals surface area contributed by atoms with Crippen molar-refractivity contribution in [2.75, 3.05) is 0 Å². The van der Waals surface area contributed by atoms with Crippen molar-refractivity contribution in [1.82, 2.24) is 0 Å². The predicted molar refractivity (Wildman–Crippen MR) is 43.8 cm³/mol. The number of thiocarbonyl (C=S) groups is 1. The number of hydrogen-bond donors (Lipinski definition) is 0. The van der Waals surface area contributed by atoms with E-state index in [9.17, 15) is 4.39 Å². The van der Waals surface area contributed by atoms with Crippen molar-refractivity contribution < 1.29 is 4.39 Å². The number of halogens is 1. The summed E-state index contributed by atoms with van der Waals surface area (Å²) in [6.45, 7) is 1.78. The van der Waals surface area contributed by atoms with E-state index in [1.165, 1.54) is 12.1 Å². The van der Waals surface area contributed by atoms with Gasteiger partial charge in [-0.05, 0) is 24.6 Å². The molecule has 0 nitrogen and oxygen atoms in total. The minimum atomic E-state index is -0.235. The van der Waals surface area contributed by atoms with Crippen LogP contribution >= 0.6 is 12.2 Å². The molecule has 0 bridgehead atoms. The van der Waals surface area contributed by atoms with Crippen molar-refractivity contribution in [3.63, 3.8) is 0 Å². The first-order valence-corrected chi connectivity index (χ1v) is 3.37. The second kappa shape index (κ2) is 2.88. The maximum absolute atomic E-state index is 12.5. The zero-order valence-corrected chi connectivity index (χ0v) is 6.41. The molecule has 0 aromatic heterocycles. The van der Waals surface area contributed by atoms with Gasteiger partial charge >= 0.3 is 0 Å². The van der Waals surface area contributed by atoms with Gasteiger partial charge in [-0.1, -0.05) is 24.4 Å². The van der Waals surface area contributed by atoms with Crippen LogP contribution in [0.4, 0.5) is 4.39 Å². The van der Waals surface area contributed by atoms with Crippen molar-refractivity contribution in [3.05, 3.63) is 35.6 Å². The molecule has 10 heavy (non-hydrogen) atoms. The lowest BCUT2D eigenvalue weighted by Gasteiger charge is -1.95. The Morgan fingerprint density at radius 2 is 2.20 bits per heavy atom. The van der Waals surface area contributed by atoms with Crippen LogP contribution in [-0.2, 0) is 0 Å². The molecule has 0 aliphatic rings. The first kappa shape index (κ1) is 7.35. The fourth-order valence-corrected chi connectivity index (χ4v) is 0.834. The highest BCUT2D eigenvalue weighted by molar-refractivity contribution is 7.80. The van der Waals surface area contributed by atoms with Gasteiger partial charge in [-0.3, -0.25) is 0 Å². The van der Waals surface area contributed by atoms with E-state index in [1.54, 1.807) is 19.1 Å². The van der Waals surface area contributed by atoms with Gasteiger partial charge in [0.2, 0.25) is 0 Å². The third kappa shape index (κ3) is 1.61. The Morgan fingerprint density at radius 3 is 2.60 bits per heavy atom. The van der Waals surface area contributed by atoms with E-state index < -0.39 is 0 Å². The van der Waals surface area contributed by atoms with Gasteiger partial charge in [0.05, 0.1) is 0 Å². The number of benzene rings is 1. The van der Waals surface area contributed by atoms with E-state index in [0.29, 0.717) is 0 Å². The fraction of sp³-hybridized carbons (Fsp3) is 0.125. The molecule has 0 atom stereocenters. The molecule has 0 saturated heterocycles. The van der Waals surface area contributed by atoms with Gasteiger partial charge in [-0.25, -0.2) is 4.39 Å². The van der Waals surface area contributed by atoms with Crippen LogP contribution in [0.3, 0.4) is 0 Å². The molecule has 0 aliphatic heterocycles. The molecular formula is C8H7FS. The van der Waals surface area contributed by atoms with Crippen molar-refractivity contribution in [2.24, 2.45) is 0 Å². The Bertz CT molecular complexity index is 255. The van der Waals surface area contributed by atoms with Gasteiger partial charge in [0.15, 0.2) is 0 Å². The maximum atomic E-state index is 12.5. The van der Waals surface area contributed by atoms with Crippen LogP contribution in [0.5, 0.6) is 0 Å². The summed E-state index contributed by atoms with van der Waals surface area (Å²) >= 11 is 4.85. The molecule has 1 rings (SSSR count). The predicted octanol–water partition coefficient (Wildman–Crippen LogP) is 2.56. The largest absolute Gasteiger partial charge is 0.207 e. The highest BCUT2D eigenvalue weighted by atomic mass is 32.1. The quantitative estimate of drug-likeness (QED) is 0.442. The van der Waals surface area contributed by atoms with Crippen LogP contribution in [0, 0.1) is 5.82 Å². The lowest BCUT2D eigenvalue weighted by Crippen LogP contribution is -1.89. The topological polar surface area (TPSA) is 0 Å². The van der Waals surface area contributed by atoms with Crippen molar-refractivity contribution >= 4 is 17.1 Å². The van der Waals surface area contributed by atoms with Gasteiger partial charge in [-0.15, -0.1) is 0 Å². The van der Waals surface area contributed by atoms with Crippen LogP contribution in [-0.4, -0.2) is 4.86 Å². The summed E-state index contributed by atoms with van der Waals surface area (Å²) in [6.07, 6.45) is 0. The minimum Gasteiger partial charge on any atom is -0.207 e. The van der Waals surface area contributed by atoms with Gasteiger partial charge in [0.1, 0.15) is 5.82 Å². The van der Waals surface area contributed by atoms with Gasteiger partial charge in [0.25, 0.3) is 0 Å². The van der Waals surface area contributed by atoms with Gasteiger partial charge in [-0.2, -0.15) is 0 Å². The van der Waals surface area contributed by atoms with Crippen LogP contribution in [0.15, 0.2) is 24.3 Å². The van der Waals surface area contributed by atoms with E-state index in [0.717, 1.165) is 10.4 Å². The lowest BCUT2D eigenvalue weighted by molar-refractivity contribution is 0.627. The number of hydrogen-bond acceptors (Lipinski definition) is 1. The summed E-state index contributed by atoms with van der Waals surface area (Å²) in [4.78, 5) is 0.722. The molecule has 0 amide bonds. The molecule has 52 valence electrons. The summed E-state index contributed by atoms with van der Waals surface area (Å²) in [5.41, 5.74) is 0.787. The summed E-state index contributed by atoms with van der Waals surface area (Å²) in [5, 5.41) is 0. The second-order valence-corrected chi connectivity index (χ2v) is 2.68. The van der Waals surface area contributed by atoms with Crippen LogP contribution in [0.2, 0.25) is 0 Å². The van der Waals surface area contributed by atoms with Crippen LogP contribution < -0.4 is 0 Å². The molecule has 0 aliphatic carbocycles. The highest BCUT2D eigenvalue weighted by Crippen LogP contribution is 2.04.